The van der Waals surface area contributed by atoms with E-state index in [0.717, 1.165) is 12.8 Å². The minimum atomic E-state index is -3.65. The second-order valence-electron chi connectivity index (χ2n) is 5.74. The number of methoxy groups -OCH3 is 1. The molecule has 0 unspecified atom stereocenters. The van der Waals surface area contributed by atoms with Gasteiger partial charge in [-0.05, 0) is 50.3 Å². The van der Waals surface area contributed by atoms with Crippen molar-refractivity contribution in [2.75, 3.05) is 7.11 Å². The molecule has 2 N–H and O–H groups in total. The summed E-state index contributed by atoms with van der Waals surface area (Å²) in [5.74, 6) is 0.635. The number of nitrogens with one attached hydrogen (secondary N) is 1. The fourth-order valence-electron chi connectivity index (χ4n) is 2.32. The number of benzene rings is 1. The Hall–Kier alpha value is -1.11. The number of rotatable bonds is 6. The highest BCUT2D eigenvalue weighted by Crippen LogP contribution is 2.40. The molecule has 20 heavy (non-hydrogen) atoms. The summed E-state index contributed by atoms with van der Waals surface area (Å²) < 4.78 is 32.9. The standard InChI is InChI=1S/C14H21NO4S/c1-14(2,11-5-6-11)15-20(17,18)13-7-4-10(9-16)8-12(13)19-3/h4,7-8,11,15-16H,5-6,9H2,1-3H3. The maximum absolute atomic E-state index is 12.5. The van der Waals surface area contributed by atoms with Gasteiger partial charge in [-0.1, -0.05) is 6.07 Å². The highest BCUT2D eigenvalue weighted by molar-refractivity contribution is 7.89. The van der Waals surface area contributed by atoms with E-state index < -0.39 is 15.6 Å². The molecule has 6 heteroatoms. The van der Waals surface area contributed by atoms with Crippen molar-refractivity contribution in [2.45, 2.75) is 43.7 Å². The minimum absolute atomic E-state index is 0.103. The Morgan fingerprint density at radius 3 is 2.55 bits per heavy atom. The summed E-state index contributed by atoms with van der Waals surface area (Å²) in [5, 5.41) is 9.10. The summed E-state index contributed by atoms with van der Waals surface area (Å²) in [7, 11) is -2.23. The molecule has 5 nitrogen and oxygen atoms in total. The summed E-state index contributed by atoms with van der Waals surface area (Å²) in [5.41, 5.74) is 0.154. The molecule has 0 bridgehead atoms. The van der Waals surface area contributed by atoms with E-state index in [9.17, 15) is 8.42 Å². The van der Waals surface area contributed by atoms with Crippen LogP contribution in [0.4, 0.5) is 0 Å². The molecular formula is C14H21NO4S. The van der Waals surface area contributed by atoms with Gasteiger partial charge in [-0.3, -0.25) is 0 Å². The lowest BCUT2D eigenvalue weighted by Crippen LogP contribution is -2.45. The second-order valence-corrected chi connectivity index (χ2v) is 7.40. The summed E-state index contributed by atoms with van der Waals surface area (Å²) in [6, 6.07) is 4.59. The van der Waals surface area contributed by atoms with Gasteiger partial charge in [0.15, 0.2) is 0 Å². The molecule has 1 aliphatic rings. The van der Waals surface area contributed by atoms with Crippen LogP contribution in [0.5, 0.6) is 5.75 Å². The van der Waals surface area contributed by atoms with E-state index in [-0.39, 0.29) is 17.3 Å². The van der Waals surface area contributed by atoms with Gasteiger partial charge in [-0.25, -0.2) is 13.1 Å². The fourth-order valence-corrected chi connectivity index (χ4v) is 3.95. The summed E-state index contributed by atoms with van der Waals surface area (Å²) in [6.45, 7) is 3.64. The lowest BCUT2D eigenvalue weighted by Gasteiger charge is -2.26. The predicted molar refractivity (Wildman–Crippen MR) is 76.0 cm³/mol. The fraction of sp³-hybridized carbons (Fsp3) is 0.571. The van der Waals surface area contributed by atoms with Crippen molar-refractivity contribution in [3.8, 4) is 5.75 Å². The Labute approximate surface area is 120 Å². The Morgan fingerprint density at radius 2 is 2.05 bits per heavy atom. The first-order chi connectivity index (χ1) is 9.30. The van der Waals surface area contributed by atoms with Gasteiger partial charge in [0.1, 0.15) is 10.6 Å². The number of aliphatic hydroxyl groups excluding tert-OH is 1. The average Bonchev–Trinajstić information content (AvgIpc) is 3.21. The number of hydrogen-bond acceptors (Lipinski definition) is 4. The molecule has 1 aliphatic carbocycles. The van der Waals surface area contributed by atoms with Crippen LogP contribution in [0.1, 0.15) is 32.3 Å². The first-order valence-corrected chi connectivity index (χ1v) is 8.10. The highest BCUT2D eigenvalue weighted by atomic mass is 32.2. The van der Waals surface area contributed by atoms with Crippen LogP contribution in [-0.2, 0) is 16.6 Å². The van der Waals surface area contributed by atoms with E-state index in [4.69, 9.17) is 9.84 Å². The van der Waals surface area contributed by atoms with Crippen molar-refractivity contribution >= 4 is 10.0 Å². The van der Waals surface area contributed by atoms with Gasteiger partial charge in [0.2, 0.25) is 10.0 Å². The van der Waals surface area contributed by atoms with Gasteiger partial charge in [0.05, 0.1) is 13.7 Å². The van der Waals surface area contributed by atoms with Crippen LogP contribution in [0.3, 0.4) is 0 Å². The molecule has 1 fully saturated rings. The Bertz CT molecular complexity index is 591. The molecule has 0 heterocycles. The van der Waals surface area contributed by atoms with Gasteiger partial charge in [0.25, 0.3) is 0 Å². The number of aliphatic hydroxyl groups is 1. The van der Waals surface area contributed by atoms with Crippen molar-refractivity contribution in [1.29, 1.82) is 0 Å². The molecule has 0 saturated heterocycles. The van der Waals surface area contributed by atoms with Crippen molar-refractivity contribution in [2.24, 2.45) is 5.92 Å². The van der Waals surface area contributed by atoms with Crippen molar-refractivity contribution in [1.82, 2.24) is 4.72 Å². The van der Waals surface area contributed by atoms with E-state index in [2.05, 4.69) is 4.72 Å². The van der Waals surface area contributed by atoms with Crippen LogP contribution in [0.15, 0.2) is 23.1 Å². The first-order valence-electron chi connectivity index (χ1n) is 6.62. The normalized spacial score (nSPS) is 16.2. The minimum Gasteiger partial charge on any atom is -0.495 e. The first kappa shape index (κ1) is 15.3. The van der Waals surface area contributed by atoms with Crippen LogP contribution >= 0.6 is 0 Å². The van der Waals surface area contributed by atoms with Crippen molar-refractivity contribution in [3.63, 3.8) is 0 Å². The number of hydrogen-bond donors (Lipinski definition) is 2. The lowest BCUT2D eigenvalue weighted by atomic mass is 10.0. The van der Waals surface area contributed by atoms with Gasteiger partial charge in [-0.2, -0.15) is 0 Å². The smallest absolute Gasteiger partial charge is 0.244 e. The molecule has 0 aliphatic heterocycles. The molecule has 1 aromatic carbocycles. The van der Waals surface area contributed by atoms with Crippen LogP contribution in [0.2, 0.25) is 0 Å². The molecule has 112 valence electrons. The Morgan fingerprint density at radius 1 is 1.40 bits per heavy atom. The quantitative estimate of drug-likeness (QED) is 0.837. The Kier molecular flexibility index (Phi) is 4.09. The van der Waals surface area contributed by atoms with Crippen LogP contribution in [-0.4, -0.2) is 26.2 Å². The molecule has 2 rings (SSSR count). The van der Waals surface area contributed by atoms with Crippen molar-refractivity contribution < 1.29 is 18.3 Å². The Balaban J connectivity index is 2.33. The average molecular weight is 299 g/mol. The summed E-state index contributed by atoms with van der Waals surface area (Å²) in [4.78, 5) is 0.103. The van der Waals surface area contributed by atoms with E-state index in [1.807, 2.05) is 13.8 Å². The molecule has 0 spiro atoms. The van der Waals surface area contributed by atoms with E-state index in [0.29, 0.717) is 11.5 Å². The summed E-state index contributed by atoms with van der Waals surface area (Å²) in [6.07, 6.45) is 2.10. The molecule has 0 atom stereocenters. The predicted octanol–water partition coefficient (Wildman–Crippen LogP) is 1.65. The monoisotopic (exact) mass is 299 g/mol. The highest BCUT2D eigenvalue weighted by Gasteiger charge is 2.41. The van der Waals surface area contributed by atoms with Gasteiger partial charge in [-0.15, -0.1) is 0 Å². The zero-order valence-corrected chi connectivity index (χ0v) is 12.8. The zero-order chi connectivity index (χ0) is 15.0. The largest absolute Gasteiger partial charge is 0.495 e. The molecule has 0 aromatic heterocycles. The number of sulfonamides is 1. The lowest BCUT2D eigenvalue weighted by molar-refractivity contribution is 0.280. The van der Waals surface area contributed by atoms with Crippen LogP contribution in [0, 0.1) is 5.92 Å². The second kappa shape index (κ2) is 5.35. The van der Waals surface area contributed by atoms with Crippen LogP contribution in [0.25, 0.3) is 0 Å². The summed E-state index contributed by atoms with van der Waals surface area (Å²) >= 11 is 0. The SMILES string of the molecule is COc1cc(CO)ccc1S(=O)(=O)NC(C)(C)C1CC1. The van der Waals surface area contributed by atoms with Gasteiger partial charge >= 0.3 is 0 Å². The third-order valence-electron chi connectivity index (χ3n) is 3.70. The van der Waals surface area contributed by atoms with E-state index in [1.54, 1.807) is 12.1 Å². The van der Waals surface area contributed by atoms with Gasteiger partial charge in [0, 0.05) is 5.54 Å². The molecule has 1 saturated carbocycles. The molecule has 1 aromatic rings. The number of ether oxygens (including phenoxy) is 1. The van der Waals surface area contributed by atoms with Crippen LogP contribution < -0.4 is 9.46 Å². The maximum atomic E-state index is 12.5. The zero-order valence-electron chi connectivity index (χ0n) is 12.0. The van der Waals surface area contributed by atoms with Crippen molar-refractivity contribution in [3.05, 3.63) is 23.8 Å². The third-order valence-corrected chi connectivity index (χ3v) is 5.41. The van der Waals surface area contributed by atoms with Gasteiger partial charge < -0.3 is 9.84 Å². The van der Waals surface area contributed by atoms with E-state index in [1.165, 1.54) is 13.2 Å². The molecule has 0 radical (unpaired) electrons. The maximum Gasteiger partial charge on any atom is 0.244 e. The van der Waals surface area contributed by atoms with E-state index >= 15 is 0 Å². The molecule has 0 amide bonds. The third kappa shape index (κ3) is 3.13. The topological polar surface area (TPSA) is 75.6 Å². The molecular weight excluding hydrogens is 278 g/mol.